The van der Waals surface area contributed by atoms with Crippen LogP contribution in [0.1, 0.15) is 22.5 Å². The van der Waals surface area contributed by atoms with Crippen LogP contribution in [-0.4, -0.2) is 21.1 Å². The maximum atomic E-state index is 4.67. The lowest BCUT2D eigenvalue weighted by molar-refractivity contribution is 0.632. The molecule has 0 saturated heterocycles. The Morgan fingerprint density at radius 1 is 1.00 bits per heavy atom. The zero-order chi connectivity index (χ0) is 17.1. The van der Waals surface area contributed by atoms with Crippen LogP contribution in [-0.2, 0) is 33.1 Å². The molecule has 5 heteroatoms. The zero-order valence-corrected chi connectivity index (χ0v) is 14.5. The minimum atomic E-state index is 0.751. The predicted molar refractivity (Wildman–Crippen MR) is 99.2 cm³/mol. The standard InChI is InChI=1S/C20H23N5/c1-24-12-10-22-19(24)14-21-13-17-7-4-9-23-20(17)25-11-8-16-5-2-3-6-18(16)15-25/h2-7,9-10,12,21H,8,11,13-15H2,1H3. The first kappa shape index (κ1) is 15.8. The van der Waals surface area contributed by atoms with Gasteiger partial charge in [0.15, 0.2) is 0 Å². The highest BCUT2D eigenvalue weighted by Crippen LogP contribution is 2.25. The van der Waals surface area contributed by atoms with Gasteiger partial charge in [0.1, 0.15) is 11.6 Å². The molecule has 0 bridgehead atoms. The summed E-state index contributed by atoms with van der Waals surface area (Å²) in [6.07, 6.45) is 6.76. The van der Waals surface area contributed by atoms with Gasteiger partial charge in [-0.3, -0.25) is 0 Å². The predicted octanol–water partition coefficient (Wildman–Crippen LogP) is 2.67. The summed E-state index contributed by atoms with van der Waals surface area (Å²) in [6, 6.07) is 12.9. The van der Waals surface area contributed by atoms with E-state index in [-0.39, 0.29) is 0 Å². The maximum absolute atomic E-state index is 4.67. The summed E-state index contributed by atoms with van der Waals surface area (Å²) in [5.41, 5.74) is 4.10. The van der Waals surface area contributed by atoms with Crippen molar-refractivity contribution in [2.45, 2.75) is 26.1 Å². The second-order valence-electron chi connectivity index (χ2n) is 6.48. The van der Waals surface area contributed by atoms with Crippen molar-refractivity contribution in [3.8, 4) is 0 Å². The number of nitrogens with zero attached hydrogens (tertiary/aromatic N) is 4. The Morgan fingerprint density at radius 2 is 1.88 bits per heavy atom. The molecule has 128 valence electrons. The number of aryl methyl sites for hydroxylation is 1. The maximum Gasteiger partial charge on any atom is 0.133 e. The van der Waals surface area contributed by atoms with E-state index in [4.69, 9.17) is 0 Å². The first-order valence-electron chi connectivity index (χ1n) is 8.74. The first-order valence-corrected chi connectivity index (χ1v) is 8.74. The molecule has 5 nitrogen and oxygen atoms in total. The fourth-order valence-electron chi connectivity index (χ4n) is 3.41. The van der Waals surface area contributed by atoms with Gasteiger partial charge in [0.2, 0.25) is 0 Å². The van der Waals surface area contributed by atoms with Gasteiger partial charge < -0.3 is 14.8 Å². The molecule has 0 saturated carbocycles. The van der Waals surface area contributed by atoms with Crippen LogP contribution in [0.25, 0.3) is 0 Å². The first-order chi connectivity index (χ1) is 12.3. The van der Waals surface area contributed by atoms with E-state index in [0.717, 1.165) is 44.2 Å². The van der Waals surface area contributed by atoms with E-state index in [1.165, 1.54) is 16.7 Å². The van der Waals surface area contributed by atoms with E-state index in [1.54, 1.807) is 0 Å². The largest absolute Gasteiger partial charge is 0.352 e. The van der Waals surface area contributed by atoms with Crippen molar-refractivity contribution in [1.29, 1.82) is 0 Å². The lowest BCUT2D eigenvalue weighted by atomic mass is 9.99. The Balaban J connectivity index is 1.47. The van der Waals surface area contributed by atoms with Crippen molar-refractivity contribution < 1.29 is 0 Å². The van der Waals surface area contributed by atoms with Crippen molar-refractivity contribution in [3.05, 3.63) is 77.5 Å². The van der Waals surface area contributed by atoms with E-state index in [0.29, 0.717) is 0 Å². The molecule has 0 radical (unpaired) electrons. The van der Waals surface area contributed by atoms with Crippen LogP contribution in [0.4, 0.5) is 5.82 Å². The van der Waals surface area contributed by atoms with Gasteiger partial charge in [0, 0.05) is 50.8 Å². The second kappa shape index (κ2) is 7.07. The van der Waals surface area contributed by atoms with Gasteiger partial charge in [-0.05, 0) is 23.6 Å². The number of rotatable bonds is 5. The van der Waals surface area contributed by atoms with E-state index < -0.39 is 0 Å². The highest BCUT2D eigenvalue weighted by molar-refractivity contribution is 5.49. The molecule has 25 heavy (non-hydrogen) atoms. The third-order valence-electron chi connectivity index (χ3n) is 4.82. The van der Waals surface area contributed by atoms with Crippen LogP contribution in [0.5, 0.6) is 0 Å². The van der Waals surface area contributed by atoms with Gasteiger partial charge in [0.25, 0.3) is 0 Å². The van der Waals surface area contributed by atoms with Gasteiger partial charge in [0.05, 0.1) is 6.54 Å². The molecule has 1 N–H and O–H groups in total. The highest BCUT2D eigenvalue weighted by Gasteiger charge is 2.19. The molecular weight excluding hydrogens is 310 g/mol. The van der Waals surface area contributed by atoms with Crippen molar-refractivity contribution in [2.75, 3.05) is 11.4 Å². The number of hydrogen-bond acceptors (Lipinski definition) is 4. The van der Waals surface area contributed by atoms with E-state index in [2.05, 4.69) is 50.5 Å². The summed E-state index contributed by atoms with van der Waals surface area (Å²) >= 11 is 0. The topological polar surface area (TPSA) is 46.0 Å². The van der Waals surface area contributed by atoms with Gasteiger partial charge in [-0.2, -0.15) is 0 Å². The monoisotopic (exact) mass is 333 g/mol. The molecule has 0 amide bonds. The van der Waals surface area contributed by atoms with Crippen molar-refractivity contribution in [2.24, 2.45) is 7.05 Å². The molecule has 3 heterocycles. The molecule has 0 unspecified atom stereocenters. The minimum absolute atomic E-state index is 0.751. The van der Waals surface area contributed by atoms with E-state index in [9.17, 15) is 0 Å². The van der Waals surface area contributed by atoms with Gasteiger partial charge in [-0.25, -0.2) is 9.97 Å². The number of nitrogens with one attached hydrogen (secondary N) is 1. The van der Waals surface area contributed by atoms with Gasteiger partial charge in [-0.1, -0.05) is 30.3 Å². The molecule has 1 aromatic carbocycles. The third kappa shape index (κ3) is 3.42. The molecule has 0 aliphatic carbocycles. The zero-order valence-electron chi connectivity index (χ0n) is 14.5. The molecular formula is C20H23N5. The average Bonchev–Trinajstić information content (AvgIpc) is 3.07. The summed E-state index contributed by atoms with van der Waals surface area (Å²) in [6.45, 7) is 3.48. The number of aromatic nitrogens is 3. The summed E-state index contributed by atoms with van der Waals surface area (Å²) in [5, 5.41) is 3.49. The van der Waals surface area contributed by atoms with Crippen LogP contribution in [0.2, 0.25) is 0 Å². The fraction of sp³-hybridized carbons (Fsp3) is 0.300. The summed E-state index contributed by atoms with van der Waals surface area (Å²) < 4.78 is 2.04. The molecule has 1 aliphatic heterocycles. The third-order valence-corrected chi connectivity index (χ3v) is 4.82. The molecule has 3 aromatic rings. The van der Waals surface area contributed by atoms with Crippen molar-refractivity contribution in [1.82, 2.24) is 19.9 Å². The van der Waals surface area contributed by atoms with Crippen LogP contribution >= 0.6 is 0 Å². The van der Waals surface area contributed by atoms with Crippen LogP contribution < -0.4 is 10.2 Å². The quantitative estimate of drug-likeness (QED) is 0.780. The van der Waals surface area contributed by atoms with Crippen LogP contribution in [0, 0.1) is 0 Å². The molecule has 4 rings (SSSR count). The number of fused-ring (bicyclic) bond motifs is 1. The minimum Gasteiger partial charge on any atom is -0.352 e. The number of imidazole rings is 1. The van der Waals surface area contributed by atoms with Crippen LogP contribution in [0.3, 0.4) is 0 Å². The molecule has 0 fully saturated rings. The summed E-state index contributed by atoms with van der Waals surface area (Å²) in [5.74, 6) is 2.13. The average molecular weight is 333 g/mol. The Hall–Kier alpha value is -2.66. The molecule has 0 spiro atoms. The van der Waals surface area contributed by atoms with Gasteiger partial charge >= 0.3 is 0 Å². The van der Waals surface area contributed by atoms with Crippen molar-refractivity contribution in [3.63, 3.8) is 0 Å². The normalized spacial score (nSPS) is 13.7. The fourth-order valence-corrected chi connectivity index (χ4v) is 3.41. The summed E-state index contributed by atoms with van der Waals surface area (Å²) in [7, 11) is 2.02. The number of hydrogen-bond donors (Lipinski definition) is 1. The highest BCUT2D eigenvalue weighted by atomic mass is 15.2. The van der Waals surface area contributed by atoms with E-state index in [1.807, 2.05) is 36.3 Å². The Morgan fingerprint density at radius 3 is 2.72 bits per heavy atom. The second-order valence-corrected chi connectivity index (χ2v) is 6.48. The lowest BCUT2D eigenvalue weighted by Gasteiger charge is -2.31. The number of pyridine rings is 1. The lowest BCUT2D eigenvalue weighted by Crippen LogP contribution is -2.32. The number of benzene rings is 1. The van der Waals surface area contributed by atoms with Crippen molar-refractivity contribution >= 4 is 5.82 Å². The molecule has 2 aromatic heterocycles. The smallest absolute Gasteiger partial charge is 0.133 e. The number of anilines is 1. The Bertz CT molecular complexity index is 855. The molecule has 1 aliphatic rings. The van der Waals surface area contributed by atoms with Crippen LogP contribution in [0.15, 0.2) is 55.0 Å². The van der Waals surface area contributed by atoms with Gasteiger partial charge in [-0.15, -0.1) is 0 Å². The van der Waals surface area contributed by atoms with E-state index >= 15 is 0 Å². The SMILES string of the molecule is Cn1ccnc1CNCc1cccnc1N1CCc2ccccc2C1. The molecule has 0 atom stereocenters. The Kier molecular flexibility index (Phi) is 4.48. The summed E-state index contributed by atoms with van der Waals surface area (Å²) in [4.78, 5) is 11.4. The Labute approximate surface area is 148 Å².